The van der Waals surface area contributed by atoms with Crippen molar-refractivity contribution in [1.29, 1.82) is 0 Å². The van der Waals surface area contributed by atoms with Crippen LogP contribution in [0.5, 0.6) is 5.75 Å². The molecule has 0 radical (unpaired) electrons. The Labute approximate surface area is 87.6 Å². The summed E-state index contributed by atoms with van der Waals surface area (Å²) in [6.45, 7) is 1.82. The van der Waals surface area contributed by atoms with Crippen molar-refractivity contribution < 1.29 is 9.26 Å². The number of para-hydroxylation sites is 1. The number of anilines is 1. The van der Waals surface area contributed by atoms with Gasteiger partial charge in [0.2, 0.25) is 0 Å². The van der Waals surface area contributed by atoms with E-state index in [0.717, 1.165) is 16.9 Å². The zero-order valence-corrected chi connectivity index (χ0v) is 8.65. The number of aryl methyl sites for hydroxylation is 1. The molecule has 78 valence electrons. The highest BCUT2D eigenvalue weighted by molar-refractivity contribution is 5.79. The lowest BCUT2D eigenvalue weighted by Gasteiger charge is -2.06. The van der Waals surface area contributed by atoms with Crippen molar-refractivity contribution in [2.45, 2.75) is 6.92 Å². The van der Waals surface area contributed by atoms with Gasteiger partial charge in [-0.15, -0.1) is 0 Å². The Balaban J connectivity index is 2.63. The second-order valence-corrected chi connectivity index (χ2v) is 3.20. The molecule has 2 rings (SSSR count). The molecule has 0 amide bonds. The van der Waals surface area contributed by atoms with Crippen LogP contribution < -0.4 is 10.5 Å². The molecule has 0 aliphatic heterocycles. The number of benzene rings is 1. The minimum absolute atomic E-state index is 0.386. The van der Waals surface area contributed by atoms with Crippen LogP contribution in [0, 0.1) is 6.92 Å². The standard InChI is InChI=1S/C11H12N2O2/c1-7-10(11(12)13-15-7)8-5-3-4-6-9(8)14-2/h3-6H,1-2H3,(H2,12,13). The van der Waals surface area contributed by atoms with Crippen molar-refractivity contribution in [3.8, 4) is 16.9 Å². The topological polar surface area (TPSA) is 61.3 Å². The molecule has 4 nitrogen and oxygen atoms in total. The maximum Gasteiger partial charge on any atom is 0.175 e. The Kier molecular flexibility index (Phi) is 2.33. The fourth-order valence-electron chi connectivity index (χ4n) is 1.57. The van der Waals surface area contributed by atoms with Crippen LogP contribution in [0.3, 0.4) is 0 Å². The molecule has 2 aromatic rings. The zero-order chi connectivity index (χ0) is 10.8. The van der Waals surface area contributed by atoms with Crippen LogP contribution in [0.1, 0.15) is 5.76 Å². The van der Waals surface area contributed by atoms with E-state index in [0.29, 0.717) is 11.6 Å². The summed E-state index contributed by atoms with van der Waals surface area (Å²) in [6, 6.07) is 7.63. The molecule has 0 unspecified atom stereocenters. The number of ether oxygens (including phenoxy) is 1. The van der Waals surface area contributed by atoms with Crippen molar-refractivity contribution in [3.05, 3.63) is 30.0 Å². The summed E-state index contributed by atoms with van der Waals surface area (Å²) in [5.74, 6) is 1.84. The molecule has 0 saturated carbocycles. The monoisotopic (exact) mass is 204 g/mol. The van der Waals surface area contributed by atoms with E-state index in [4.69, 9.17) is 15.0 Å². The number of hydrogen-bond donors (Lipinski definition) is 1. The van der Waals surface area contributed by atoms with E-state index in [1.165, 1.54) is 0 Å². The molecule has 15 heavy (non-hydrogen) atoms. The number of nitrogens with zero attached hydrogens (tertiary/aromatic N) is 1. The molecule has 1 aromatic heterocycles. The van der Waals surface area contributed by atoms with E-state index in [1.54, 1.807) is 7.11 Å². The van der Waals surface area contributed by atoms with Gasteiger partial charge in [-0.1, -0.05) is 23.4 Å². The minimum Gasteiger partial charge on any atom is -0.496 e. The second-order valence-electron chi connectivity index (χ2n) is 3.20. The molecular formula is C11H12N2O2. The van der Waals surface area contributed by atoms with Crippen LogP contribution in [0.2, 0.25) is 0 Å². The summed E-state index contributed by atoms with van der Waals surface area (Å²) in [6.07, 6.45) is 0. The average molecular weight is 204 g/mol. The highest BCUT2D eigenvalue weighted by atomic mass is 16.5. The molecule has 0 aliphatic rings. The van der Waals surface area contributed by atoms with E-state index >= 15 is 0 Å². The third-order valence-corrected chi connectivity index (χ3v) is 2.27. The number of hydrogen-bond acceptors (Lipinski definition) is 4. The molecule has 2 N–H and O–H groups in total. The Bertz CT molecular complexity index is 458. The molecule has 0 spiro atoms. The van der Waals surface area contributed by atoms with Crippen molar-refractivity contribution >= 4 is 5.82 Å². The summed E-state index contributed by atoms with van der Waals surface area (Å²) >= 11 is 0. The maximum absolute atomic E-state index is 5.74. The normalized spacial score (nSPS) is 10.3. The van der Waals surface area contributed by atoms with Crippen molar-refractivity contribution in [2.75, 3.05) is 12.8 Å². The first-order valence-electron chi connectivity index (χ1n) is 4.59. The van der Waals surface area contributed by atoms with Gasteiger partial charge >= 0.3 is 0 Å². The van der Waals surface area contributed by atoms with E-state index in [-0.39, 0.29) is 0 Å². The molecule has 0 fully saturated rings. The van der Waals surface area contributed by atoms with Crippen LogP contribution >= 0.6 is 0 Å². The molecule has 0 atom stereocenters. The number of nitrogen functional groups attached to an aromatic ring is 1. The van der Waals surface area contributed by atoms with Crippen LogP contribution in [0.25, 0.3) is 11.1 Å². The first kappa shape index (κ1) is 9.58. The van der Waals surface area contributed by atoms with Gasteiger partial charge in [-0.2, -0.15) is 0 Å². The molecule has 4 heteroatoms. The molecule has 0 aliphatic carbocycles. The summed E-state index contributed by atoms with van der Waals surface area (Å²) in [7, 11) is 1.62. The van der Waals surface area contributed by atoms with E-state index < -0.39 is 0 Å². The number of aromatic nitrogens is 1. The lowest BCUT2D eigenvalue weighted by Crippen LogP contribution is -1.92. The smallest absolute Gasteiger partial charge is 0.175 e. The SMILES string of the molecule is COc1ccccc1-c1c(N)noc1C. The van der Waals surface area contributed by atoms with Gasteiger partial charge in [-0.3, -0.25) is 0 Å². The predicted octanol–water partition coefficient (Wildman–Crippen LogP) is 2.24. The summed E-state index contributed by atoms with van der Waals surface area (Å²) in [4.78, 5) is 0. The first-order valence-corrected chi connectivity index (χ1v) is 4.59. The average Bonchev–Trinajstić information content (AvgIpc) is 2.59. The third kappa shape index (κ3) is 1.54. The third-order valence-electron chi connectivity index (χ3n) is 2.27. The second kappa shape index (κ2) is 3.65. The summed E-state index contributed by atoms with van der Waals surface area (Å²) < 4.78 is 10.3. The van der Waals surface area contributed by atoms with Gasteiger partial charge in [0.15, 0.2) is 5.82 Å². The fourth-order valence-corrected chi connectivity index (χ4v) is 1.57. The Morgan fingerprint density at radius 3 is 2.67 bits per heavy atom. The van der Waals surface area contributed by atoms with Gasteiger partial charge < -0.3 is 15.0 Å². The number of methoxy groups -OCH3 is 1. The first-order chi connectivity index (χ1) is 7.24. The Morgan fingerprint density at radius 2 is 2.07 bits per heavy atom. The van der Waals surface area contributed by atoms with Crippen molar-refractivity contribution in [3.63, 3.8) is 0 Å². The van der Waals surface area contributed by atoms with Crippen molar-refractivity contribution in [2.24, 2.45) is 0 Å². The van der Waals surface area contributed by atoms with Gasteiger partial charge in [0, 0.05) is 5.56 Å². The predicted molar refractivity (Wildman–Crippen MR) is 57.6 cm³/mol. The fraction of sp³-hybridized carbons (Fsp3) is 0.182. The minimum atomic E-state index is 0.386. The lowest BCUT2D eigenvalue weighted by atomic mass is 10.1. The van der Waals surface area contributed by atoms with Crippen LogP contribution in [-0.4, -0.2) is 12.3 Å². The summed E-state index contributed by atoms with van der Waals surface area (Å²) in [5, 5.41) is 3.72. The van der Waals surface area contributed by atoms with Gasteiger partial charge in [-0.05, 0) is 13.0 Å². The van der Waals surface area contributed by atoms with E-state index in [2.05, 4.69) is 5.16 Å². The van der Waals surface area contributed by atoms with Gasteiger partial charge in [0.05, 0.1) is 12.7 Å². The largest absolute Gasteiger partial charge is 0.496 e. The molecule has 0 saturated heterocycles. The van der Waals surface area contributed by atoms with Gasteiger partial charge in [-0.25, -0.2) is 0 Å². The highest BCUT2D eigenvalue weighted by Crippen LogP contribution is 2.35. The maximum atomic E-state index is 5.74. The van der Waals surface area contributed by atoms with E-state index in [1.807, 2.05) is 31.2 Å². The van der Waals surface area contributed by atoms with Gasteiger partial charge in [0.25, 0.3) is 0 Å². The highest BCUT2D eigenvalue weighted by Gasteiger charge is 2.15. The van der Waals surface area contributed by atoms with Crippen LogP contribution in [0.15, 0.2) is 28.8 Å². The zero-order valence-electron chi connectivity index (χ0n) is 8.65. The lowest BCUT2D eigenvalue weighted by molar-refractivity contribution is 0.400. The molecule has 1 aromatic carbocycles. The van der Waals surface area contributed by atoms with Crippen LogP contribution in [0.4, 0.5) is 5.82 Å². The van der Waals surface area contributed by atoms with Crippen LogP contribution in [-0.2, 0) is 0 Å². The Morgan fingerprint density at radius 1 is 1.33 bits per heavy atom. The quantitative estimate of drug-likeness (QED) is 0.814. The van der Waals surface area contributed by atoms with E-state index in [9.17, 15) is 0 Å². The molecule has 0 bridgehead atoms. The number of rotatable bonds is 2. The van der Waals surface area contributed by atoms with Crippen molar-refractivity contribution in [1.82, 2.24) is 5.16 Å². The Hall–Kier alpha value is -1.97. The van der Waals surface area contributed by atoms with Gasteiger partial charge in [0.1, 0.15) is 11.5 Å². The summed E-state index contributed by atoms with van der Waals surface area (Å²) in [5.41, 5.74) is 7.43. The molecule has 1 heterocycles. The molecular weight excluding hydrogens is 192 g/mol. The number of nitrogens with two attached hydrogens (primary N) is 1.